The Morgan fingerprint density at radius 2 is 1.57 bits per heavy atom. The van der Waals surface area contributed by atoms with E-state index in [1.54, 1.807) is 25.7 Å². The number of amides is 2. The molecule has 1 rings (SSSR count). The number of morpholine rings is 1. The Kier molecular flexibility index (Phi) is 4.63. The fourth-order valence-electron chi connectivity index (χ4n) is 2.79. The van der Waals surface area contributed by atoms with Crippen LogP contribution in [0.5, 0.6) is 0 Å². The van der Waals surface area contributed by atoms with Gasteiger partial charge < -0.3 is 20.1 Å². The molecule has 0 unspecified atom stereocenters. The Morgan fingerprint density at radius 3 is 1.90 bits per heavy atom. The minimum absolute atomic E-state index is 0.359. The monoisotopic (exact) mass is 300 g/mol. The molecule has 0 saturated carbocycles. The number of carbonyl (C=O) groups is 2. The molecular weight excluding hydrogens is 272 g/mol. The maximum Gasteiger partial charge on any atom is 0.326 e. The molecule has 1 aliphatic rings. The number of nitrogens with zero attached hydrogens (tertiary/aromatic N) is 1. The zero-order valence-corrected chi connectivity index (χ0v) is 14.1. The lowest BCUT2D eigenvalue weighted by atomic mass is 9.87. The van der Waals surface area contributed by atoms with E-state index in [2.05, 4.69) is 5.32 Å². The van der Waals surface area contributed by atoms with Gasteiger partial charge in [-0.15, -0.1) is 0 Å². The Morgan fingerprint density at radius 1 is 1.14 bits per heavy atom. The minimum Gasteiger partial charge on any atom is -0.480 e. The molecular formula is C15H28N2O4. The summed E-state index contributed by atoms with van der Waals surface area (Å²) in [4.78, 5) is 25.4. The van der Waals surface area contributed by atoms with Crippen LogP contribution in [0.4, 0.5) is 4.79 Å². The molecule has 21 heavy (non-hydrogen) atoms. The van der Waals surface area contributed by atoms with Crippen LogP contribution in [0.15, 0.2) is 0 Å². The van der Waals surface area contributed by atoms with Crippen molar-refractivity contribution in [2.45, 2.75) is 65.7 Å². The van der Waals surface area contributed by atoms with E-state index in [1.165, 1.54) is 0 Å². The molecule has 0 bridgehead atoms. The normalized spacial score (nSPS) is 22.5. The van der Waals surface area contributed by atoms with E-state index in [4.69, 9.17) is 4.74 Å². The van der Waals surface area contributed by atoms with Gasteiger partial charge in [0.15, 0.2) is 0 Å². The Bertz CT molecular complexity index is 408. The van der Waals surface area contributed by atoms with E-state index >= 15 is 0 Å². The second-order valence-corrected chi connectivity index (χ2v) is 8.06. The quantitative estimate of drug-likeness (QED) is 0.818. The number of nitrogens with one attached hydrogen (secondary N) is 1. The summed E-state index contributed by atoms with van der Waals surface area (Å²) in [7, 11) is 0. The van der Waals surface area contributed by atoms with Crippen LogP contribution in [0, 0.1) is 5.41 Å². The van der Waals surface area contributed by atoms with Gasteiger partial charge >= 0.3 is 12.0 Å². The Hall–Kier alpha value is -1.30. The van der Waals surface area contributed by atoms with Crippen LogP contribution < -0.4 is 5.32 Å². The van der Waals surface area contributed by atoms with Gasteiger partial charge in [-0.2, -0.15) is 0 Å². The van der Waals surface area contributed by atoms with Crippen molar-refractivity contribution in [1.29, 1.82) is 0 Å². The Labute approximate surface area is 126 Å². The number of hydrogen-bond donors (Lipinski definition) is 2. The van der Waals surface area contributed by atoms with Gasteiger partial charge in [-0.05, 0) is 33.1 Å². The summed E-state index contributed by atoms with van der Waals surface area (Å²) in [5.74, 6) is -1.03. The number of ether oxygens (including phenoxy) is 1. The molecule has 0 radical (unpaired) electrons. The third-order valence-electron chi connectivity index (χ3n) is 3.36. The summed E-state index contributed by atoms with van der Waals surface area (Å²) >= 11 is 0. The number of hydrogen-bond acceptors (Lipinski definition) is 3. The van der Waals surface area contributed by atoms with Gasteiger partial charge in [-0.1, -0.05) is 20.8 Å². The van der Waals surface area contributed by atoms with Crippen LogP contribution in [0.1, 0.15) is 48.5 Å². The number of rotatable bonds is 2. The van der Waals surface area contributed by atoms with Crippen molar-refractivity contribution < 1.29 is 19.4 Å². The van der Waals surface area contributed by atoms with E-state index in [9.17, 15) is 14.7 Å². The number of aliphatic carboxylic acids is 1. The summed E-state index contributed by atoms with van der Waals surface area (Å²) < 4.78 is 5.92. The maximum atomic E-state index is 12.4. The maximum absolute atomic E-state index is 12.4. The summed E-state index contributed by atoms with van der Waals surface area (Å²) in [6, 6.07) is -1.29. The largest absolute Gasteiger partial charge is 0.480 e. The number of carbonyl (C=O) groups excluding carboxylic acids is 1. The Balaban J connectivity index is 2.85. The first kappa shape index (κ1) is 17.8. The summed E-state index contributed by atoms with van der Waals surface area (Å²) in [6.07, 6.45) is 0. The molecule has 1 aliphatic heterocycles. The van der Waals surface area contributed by atoms with Gasteiger partial charge in [-0.3, -0.25) is 0 Å². The van der Waals surface area contributed by atoms with Crippen LogP contribution in [-0.2, 0) is 9.53 Å². The standard InChI is InChI=1S/C15H28N2O4/c1-13(2,3)10(11(18)19)16-12(20)17-8-14(4,5)21-15(6,7)9-17/h10H,8-9H2,1-7H3,(H,16,20)(H,18,19)/t10-/m1/s1. The lowest BCUT2D eigenvalue weighted by Crippen LogP contribution is -2.62. The lowest BCUT2D eigenvalue weighted by Gasteiger charge is -2.47. The third kappa shape index (κ3) is 4.88. The molecule has 6 heteroatoms. The average Bonchev–Trinajstić information content (AvgIpc) is 2.18. The fraction of sp³-hybridized carbons (Fsp3) is 0.867. The highest BCUT2D eigenvalue weighted by Crippen LogP contribution is 2.28. The van der Waals surface area contributed by atoms with Crippen molar-refractivity contribution in [2.24, 2.45) is 5.41 Å². The fourth-order valence-corrected chi connectivity index (χ4v) is 2.79. The zero-order chi connectivity index (χ0) is 16.6. The second kappa shape index (κ2) is 5.48. The van der Waals surface area contributed by atoms with Crippen molar-refractivity contribution in [3.63, 3.8) is 0 Å². The summed E-state index contributed by atoms with van der Waals surface area (Å²) in [6.45, 7) is 13.9. The second-order valence-electron chi connectivity index (χ2n) is 8.06. The molecule has 0 spiro atoms. The van der Waals surface area contributed by atoms with Crippen molar-refractivity contribution >= 4 is 12.0 Å². The van der Waals surface area contributed by atoms with E-state index in [-0.39, 0.29) is 6.03 Å². The van der Waals surface area contributed by atoms with Gasteiger partial charge in [-0.25, -0.2) is 9.59 Å². The van der Waals surface area contributed by atoms with Crippen LogP contribution in [0.2, 0.25) is 0 Å². The highest BCUT2D eigenvalue weighted by atomic mass is 16.5. The van der Waals surface area contributed by atoms with Crippen molar-refractivity contribution in [3.8, 4) is 0 Å². The first-order chi connectivity index (χ1) is 9.23. The molecule has 0 aromatic rings. The molecule has 0 aliphatic carbocycles. The first-order valence-electron chi connectivity index (χ1n) is 7.22. The highest BCUT2D eigenvalue weighted by molar-refractivity contribution is 5.83. The lowest BCUT2D eigenvalue weighted by molar-refractivity contribution is -0.170. The van der Waals surface area contributed by atoms with E-state index in [1.807, 2.05) is 27.7 Å². The molecule has 122 valence electrons. The summed E-state index contributed by atoms with van der Waals surface area (Å²) in [5, 5.41) is 11.9. The van der Waals surface area contributed by atoms with Gasteiger partial charge in [0.05, 0.1) is 24.3 Å². The number of carboxylic acids is 1. The molecule has 0 aromatic heterocycles. The minimum atomic E-state index is -1.03. The van der Waals surface area contributed by atoms with Crippen LogP contribution in [-0.4, -0.2) is 52.3 Å². The molecule has 2 N–H and O–H groups in total. The van der Waals surface area contributed by atoms with Crippen LogP contribution in [0.25, 0.3) is 0 Å². The van der Waals surface area contributed by atoms with E-state index in [0.29, 0.717) is 13.1 Å². The number of urea groups is 1. The molecule has 1 fully saturated rings. The SMILES string of the molecule is CC1(C)CN(C(=O)N[C@H](C(=O)O)C(C)(C)C)CC(C)(C)O1. The van der Waals surface area contributed by atoms with Crippen LogP contribution >= 0.6 is 0 Å². The van der Waals surface area contributed by atoms with Gasteiger partial charge in [0.25, 0.3) is 0 Å². The van der Waals surface area contributed by atoms with Gasteiger partial charge in [0, 0.05) is 0 Å². The summed E-state index contributed by atoms with van der Waals surface area (Å²) in [5.41, 5.74) is -1.47. The average molecular weight is 300 g/mol. The zero-order valence-electron chi connectivity index (χ0n) is 14.1. The molecule has 1 saturated heterocycles. The first-order valence-corrected chi connectivity index (χ1v) is 7.22. The predicted molar refractivity (Wildman–Crippen MR) is 80.2 cm³/mol. The van der Waals surface area contributed by atoms with E-state index in [0.717, 1.165) is 0 Å². The van der Waals surface area contributed by atoms with Crippen molar-refractivity contribution in [1.82, 2.24) is 10.2 Å². The number of carboxylic acid groups (broad SMARTS) is 1. The van der Waals surface area contributed by atoms with Crippen molar-refractivity contribution in [3.05, 3.63) is 0 Å². The molecule has 6 nitrogen and oxygen atoms in total. The smallest absolute Gasteiger partial charge is 0.326 e. The molecule has 1 heterocycles. The molecule has 2 amide bonds. The topological polar surface area (TPSA) is 78.9 Å². The van der Waals surface area contributed by atoms with Gasteiger partial charge in [0.2, 0.25) is 0 Å². The van der Waals surface area contributed by atoms with Crippen LogP contribution in [0.3, 0.4) is 0 Å². The third-order valence-corrected chi connectivity index (χ3v) is 3.36. The highest BCUT2D eigenvalue weighted by Gasteiger charge is 2.41. The van der Waals surface area contributed by atoms with Crippen molar-refractivity contribution in [2.75, 3.05) is 13.1 Å². The van der Waals surface area contributed by atoms with E-state index < -0.39 is 28.6 Å². The molecule has 1 atom stereocenters. The molecule has 0 aromatic carbocycles. The van der Waals surface area contributed by atoms with Gasteiger partial charge in [0.1, 0.15) is 6.04 Å². The predicted octanol–water partition coefficient (Wildman–Crippen LogP) is 2.08.